The highest BCUT2D eigenvalue weighted by molar-refractivity contribution is 6.05. The van der Waals surface area contributed by atoms with Crippen molar-refractivity contribution in [3.05, 3.63) is 83.2 Å². The SMILES string of the molecule is CC(C)c1cnc(NC2CCN(c3ccc(CN4CCCC4)cc3)CC2)nc1.O=C1CCC(N2Cc3ccccc3C2=O)C(=O)N1. The molecule has 4 aliphatic heterocycles. The lowest BCUT2D eigenvalue weighted by molar-refractivity contribution is -0.136. The molecule has 0 radical (unpaired) electrons. The highest BCUT2D eigenvalue weighted by atomic mass is 16.2. The van der Waals surface area contributed by atoms with E-state index in [1.165, 1.54) is 42.7 Å². The Morgan fingerprint density at radius 3 is 2.24 bits per heavy atom. The fourth-order valence-corrected chi connectivity index (χ4v) is 6.69. The number of nitrogens with zero attached hydrogens (tertiary/aromatic N) is 5. The van der Waals surface area contributed by atoms with Gasteiger partial charge >= 0.3 is 0 Å². The van der Waals surface area contributed by atoms with Gasteiger partial charge in [0.1, 0.15) is 6.04 Å². The van der Waals surface area contributed by atoms with Gasteiger partial charge in [0.2, 0.25) is 17.8 Å². The Hall–Kier alpha value is -4.31. The van der Waals surface area contributed by atoms with Gasteiger partial charge in [0.05, 0.1) is 0 Å². The maximum absolute atomic E-state index is 12.2. The molecule has 10 heteroatoms. The van der Waals surface area contributed by atoms with Crippen LogP contribution in [0.3, 0.4) is 0 Å². The predicted octanol–water partition coefficient (Wildman–Crippen LogP) is 4.72. The van der Waals surface area contributed by atoms with Crippen LogP contribution in [0.1, 0.15) is 85.3 Å². The van der Waals surface area contributed by atoms with Gasteiger partial charge in [-0.3, -0.25) is 24.6 Å². The molecule has 2 aromatic carbocycles. The van der Waals surface area contributed by atoms with Crippen LogP contribution >= 0.6 is 0 Å². The van der Waals surface area contributed by atoms with Crippen molar-refractivity contribution in [2.45, 2.75) is 83.5 Å². The molecule has 0 saturated carbocycles. The summed E-state index contributed by atoms with van der Waals surface area (Å²) in [7, 11) is 0. The van der Waals surface area contributed by atoms with Crippen molar-refractivity contribution in [2.75, 3.05) is 36.4 Å². The lowest BCUT2D eigenvalue weighted by Gasteiger charge is -2.34. The van der Waals surface area contributed by atoms with E-state index < -0.39 is 6.04 Å². The first-order valence-corrected chi connectivity index (χ1v) is 16.7. The summed E-state index contributed by atoms with van der Waals surface area (Å²) < 4.78 is 0. The number of carbonyl (C=O) groups excluding carboxylic acids is 3. The van der Waals surface area contributed by atoms with E-state index in [4.69, 9.17) is 0 Å². The Morgan fingerprint density at radius 1 is 0.891 bits per heavy atom. The van der Waals surface area contributed by atoms with Crippen molar-refractivity contribution in [2.24, 2.45) is 0 Å². The number of rotatable bonds is 7. The molecule has 3 aromatic rings. The van der Waals surface area contributed by atoms with Crippen LogP contribution in [0.2, 0.25) is 0 Å². The van der Waals surface area contributed by atoms with E-state index >= 15 is 0 Å². The summed E-state index contributed by atoms with van der Waals surface area (Å²) >= 11 is 0. The smallest absolute Gasteiger partial charge is 0.255 e. The number of amides is 3. The molecule has 0 bridgehead atoms. The maximum Gasteiger partial charge on any atom is 0.255 e. The van der Waals surface area contributed by atoms with Crippen LogP contribution in [-0.4, -0.2) is 75.8 Å². The molecule has 0 aliphatic carbocycles. The minimum absolute atomic E-state index is 0.125. The van der Waals surface area contributed by atoms with Crippen LogP contribution in [0, 0.1) is 0 Å². The van der Waals surface area contributed by atoms with Gasteiger partial charge < -0.3 is 15.1 Å². The zero-order chi connectivity index (χ0) is 32.0. The van der Waals surface area contributed by atoms with Crippen LogP contribution in [0.4, 0.5) is 11.6 Å². The molecule has 0 spiro atoms. The first-order valence-electron chi connectivity index (χ1n) is 16.7. The molecule has 1 atom stereocenters. The molecule has 4 aliphatic rings. The highest BCUT2D eigenvalue weighted by Crippen LogP contribution is 2.27. The zero-order valence-electron chi connectivity index (χ0n) is 27.0. The molecule has 46 heavy (non-hydrogen) atoms. The number of nitrogens with one attached hydrogen (secondary N) is 2. The summed E-state index contributed by atoms with van der Waals surface area (Å²) in [6.45, 7) is 10.5. The average Bonchev–Trinajstić information content (AvgIpc) is 3.70. The second-order valence-electron chi connectivity index (χ2n) is 13.1. The second-order valence-corrected chi connectivity index (χ2v) is 13.1. The quantitative estimate of drug-likeness (QED) is 0.364. The van der Waals surface area contributed by atoms with Gasteiger partial charge in [-0.15, -0.1) is 0 Å². The first kappa shape index (κ1) is 31.7. The van der Waals surface area contributed by atoms with E-state index in [9.17, 15) is 14.4 Å². The molecule has 7 rings (SSSR count). The molecule has 3 saturated heterocycles. The number of anilines is 2. The number of likely N-dealkylation sites (tertiary alicyclic amines) is 1. The normalized spacial score (nSPS) is 20.4. The number of piperidine rings is 2. The zero-order valence-corrected chi connectivity index (χ0v) is 27.0. The molecule has 242 valence electrons. The third-order valence-electron chi connectivity index (χ3n) is 9.51. The molecule has 3 fully saturated rings. The summed E-state index contributed by atoms with van der Waals surface area (Å²) in [5.74, 6) is 0.473. The van der Waals surface area contributed by atoms with Crippen molar-refractivity contribution >= 4 is 29.4 Å². The first-order chi connectivity index (χ1) is 22.3. The second kappa shape index (κ2) is 14.4. The van der Waals surface area contributed by atoms with Crippen LogP contribution in [0.15, 0.2) is 60.9 Å². The average molecular weight is 624 g/mol. The van der Waals surface area contributed by atoms with E-state index in [0.717, 1.165) is 44.0 Å². The minimum atomic E-state index is -0.525. The lowest BCUT2D eigenvalue weighted by Crippen LogP contribution is -2.52. The maximum atomic E-state index is 12.2. The van der Waals surface area contributed by atoms with Gasteiger partial charge in [-0.05, 0) is 86.0 Å². The Kier molecular flexibility index (Phi) is 9.92. The molecule has 2 N–H and O–H groups in total. The minimum Gasteiger partial charge on any atom is -0.371 e. The molecular formula is C36H45N7O3. The molecule has 5 heterocycles. The van der Waals surface area contributed by atoms with E-state index in [2.05, 4.69) is 68.5 Å². The van der Waals surface area contributed by atoms with Crippen molar-refractivity contribution in [1.29, 1.82) is 0 Å². The lowest BCUT2D eigenvalue weighted by atomic mass is 10.0. The topological polar surface area (TPSA) is 111 Å². The highest BCUT2D eigenvalue weighted by Gasteiger charge is 2.38. The number of aromatic nitrogens is 2. The predicted molar refractivity (Wildman–Crippen MR) is 178 cm³/mol. The molecule has 1 aromatic heterocycles. The van der Waals surface area contributed by atoms with E-state index in [1.807, 2.05) is 30.6 Å². The number of hydrogen-bond donors (Lipinski definition) is 2. The Bertz CT molecular complexity index is 1510. The number of carbonyl (C=O) groups is 3. The van der Waals surface area contributed by atoms with Crippen LogP contribution in [-0.2, 0) is 22.7 Å². The van der Waals surface area contributed by atoms with Gasteiger partial charge in [0.25, 0.3) is 5.91 Å². The Balaban J connectivity index is 0.000000178. The van der Waals surface area contributed by atoms with Crippen LogP contribution in [0.25, 0.3) is 0 Å². The van der Waals surface area contributed by atoms with Crippen molar-refractivity contribution < 1.29 is 14.4 Å². The van der Waals surface area contributed by atoms with Crippen molar-refractivity contribution in [3.63, 3.8) is 0 Å². The van der Waals surface area contributed by atoms with Gasteiger partial charge in [-0.25, -0.2) is 9.97 Å². The molecule has 10 nitrogen and oxygen atoms in total. The third-order valence-corrected chi connectivity index (χ3v) is 9.51. The van der Waals surface area contributed by atoms with Crippen molar-refractivity contribution in [3.8, 4) is 0 Å². The van der Waals surface area contributed by atoms with Crippen LogP contribution in [0.5, 0.6) is 0 Å². The van der Waals surface area contributed by atoms with Gasteiger partial charge in [-0.1, -0.05) is 44.2 Å². The Labute approximate surface area is 271 Å². The summed E-state index contributed by atoms with van der Waals surface area (Å²) in [6.07, 6.45) is 9.52. The number of imide groups is 1. The largest absolute Gasteiger partial charge is 0.371 e. The fraction of sp³-hybridized carbons (Fsp3) is 0.472. The number of benzene rings is 2. The summed E-state index contributed by atoms with van der Waals surface area (Å²) in [6, 6.07) is 16.5. The van der Waals surface area contributed by atoms with Gasteiger partial charge in [-0.2, -0.15) is 0 Å². The Morgan fingerprint density at radius 2 is 1.59 bits per heavy atom. The molecule has 3 amide bonds. The van der Waals surface area contributed by atoms with Gasteiger partial charge in [0, 0.05) is 62.3 Å². The number of hydrogen-bond acceptors (Lipinski definition) is 8. The number of fused-ring (bicyclic) bond motifs is 1. The third kappa shape index (κ3) is 7.55. The molecule has 1 unspecified atom stereocenters. The van der Waals surface area contributed by atoms with Crippen LogP contribution < -0.4 is 15.5 Å². The molecular weight excluding hydrogens is 578 g/mol. The van der Waals surface area contributed by atoms with E-state index in [-0.39, 0.29) is 24.1 Å². The standard InChI is InChI=1S/C23H33N5.C13H12N2O3/c1-18(2)20-15-24-23(25-16-20)26-21-9-13-28(14-10-21)22-7-5-19(6-8-22)17-27-11-3-4-12-27;16-11-6-5-10(12(17)14-11)15-7-8-3-1-2-4-9(8)13(15)18/h5-8,15-16,18,21H,3-4,9-14,17H2,1-2H3,(H,24,25,26);1-4,10H,5-7H2,(H,14,16,17). The monoisotopic (exact) mass is 623 g/mol. The van der Waals surface area contributed by atoms with Crippen molar-refractivity contribution in [1.82, 2.24) is 25.1 Å². The van der Waals surface area contributed by atoms with Gasteiger partial charge in [0.15, 0.2) is 0 Å². The summed E-state index contributed by atoms with van der Waals surface area (Å²) in [5.41, 5.74) is 5.56. The summed E-state index contributed by atoms with van der Waals surface area (Å²) in [4.78, 5) is 50.6. The van der Waals surface area contributed by atoms with E-state index in [0.29, 0.717) is 30.5 Å². The van der Waals surface area contributed by atoms with E-state index in [1.54, 1.807) is 11.0 Å². The fourth-order valence-electron chi connectivity index (χ4n) is 6.69. The summed E-state index contributed by atoms with van der Waals surface area (Å²) in [5, 5.41) is 5.80.